The molecule has 0 aromatic heterocycles. The SMILES string of the molecule is CC(C)(C)NC(=O)[C@@H]1N(c2ccc(C3CCCCC3)cc2)C(=O)[C@H]2[C@@H](C(=O)Nc3ccccc3)[C@@]3(C)C=C[C@@]12O3. The Balaban J connectivity index is 1.38. The average Bonchev–Trinajstić information content (AvgIpc) is 3.49. The number of nitrogens with one attached hydrogen (secondary N) is 2. The molecule has 0 radical (unpaired) electrons. The van der Waals surface area contributed by atoms with Gasteiger partial charge in [0.05, 0.1) is 17.4 Å². The van der Waals surface area contributed by atoms with Crippen molar-refractivity contribution < 1.29 is 19.1 Å². The van der Waals surface area contributed by atoms with Crippen molar-refractivity contribution in [3.8, 4) is 0 Å². The zero-order valence-corrected chi connectivity index (χ0v) is 23.8. The standard InChI is InChI=1S/C33H39N3O4/c1-31(2,3)35-29(38)27-33-20-19-32(4,40-33)25(28(37)34-23-13-9-6-10-14-23)26(33)30(39)36(27)24-17-15-22(16-18-24)21-11-7-5-8-12-21/h6,9-10,13-21,25-27H,5,7-8,11-12H2,1-4H3,(H,34,37)(H,35,38)/t25-,26+,27-,32+,33-/m0/s1. The smallest absolute Gasteiger partial charge is 0.246 e. The van der Waals surface area contributed by atoms with Crippen molar-refractivity contribution in [3.05, 3.63) is 72.3 Å². The number of carbonyl (C=O) groups excluding carboxylic acids is 3. The van der Waals surface area contributed by atoms with Crippen LogP contribution in [0.3, 0.4) is 0 Å². The second-order valence-corrected chi connectivity index (χ2v) is 13.1. The van der Waals surface area contributed by atoms with Gasteiger partial charge >= 0.3 is 0 Å². The fourth-order valence-electron chi connectivity index (χ4n) is 7.33. The van der Waals surface area contributed by atoms with Crippen LogP contribution in [0.5, 0.6) is 0 Å². The normalized spacial score (nSPS) is 31.4. The molecule has 7 nitrogen and oxygen atoms in total. The van der Waals surface area contributed by atoms with Gasteiger partial charge < -0.3 is 15.4 Å². The molecule has 5 atom stereocenters. The van der Waals surface area contributed by atoms with Crippen molar-refractivity contribution in [3.63, 3.8) is 0 Å². The third-order valence-electron chi connectivity index (χ3n) is 9.02. The number of fused-ring (bicyclic) bond motifs is 1. The fourth-order valence-corrected chi connectivity index (χ4v) is 7.33. The summed E-state index contributed by atoms with van der Waals surface area (Å²) in [6.07, 6.45) is 9.84. The summed E-state index contributed by atoms with van der Waals surface area (Å²) in [5.41, 5.74) is -0.193. The number of nitrogens with zero attached hydrogens (tertiary/aromatic N) is 1. The molecule has 2 bridgehead atoms. The minimum Gasteiger partial charge on any atom is -0.356 e. The van der Waals surface area contributed by atoms with Gasteiger partial charge in [0.2, 0.25) is 17.7 Å². The lowest BCUT2D eigenvalue weighted by Crippen LogP contribution is -2.58. The fraction of sp³-hybridized carbons (Fsp3) is 0.485. The number of carbonyl (C=O) groups is 3. The summed E-state index contributed by atoms with van der Waals surface area (Å²) >= 11 is 0. The summed E-state index contributed by atoms with van der Waals surface area (Å²) in [7, 11) is 0. The largest absolute Gasteiger partial charge is 0.356 e. The molecule has 2 N–H and O–H groups in total. The Bertz CT molecular complexity index is 1340. The lowest BCUT2D eigenvalue weighted by atomic mass is 9.70. The van der Waals surface area contributed by atoms with E-state index in [4.69, 9.17) is 4.74 Å². The summed E-state index contributed by atoms with van der Waals surface area (Å²) in [6.45, 7) is 7.59. The van der Waals surface area contributed by atoms with E-state index in [9.17, 15) is 14.4 Å². The van der Waals surface area contributed by atoms with Gasteiger partial charge in [-0.3, -0.25) is 19.3 Å². The number of benzene rings is 2. The van der Waals surface area contributed by atoms with Crippen LogP contribution in [0.15, 0.2) is 66.7 Å². The molecule has 7 heteroatoms. The monoisotopic (exact) mass is 541 g/mol. The minimum atomic E-state index is -1.25. The summed E-state index contributed by atoms with van der Waals surface area (Å²) in [6, 6.07) is 16.4. The molecule has 210 valence electrons. The Morgan fingerprint density at radius 1 is 0.925 bits per heavy atom. The van der Waals surface area contributed by atoms with Crippen LogP contribution in [0.1, 0.15) is 71.3 Å². The topological polar surface area (TPSA) is 87.7 Å². The highest BCUT2D eigenvalue weighted by molar-refractivity contribution is 6.11. The van der Waals surface area contributed by atoms with E-state index in [0.717, 1.165) is 0 Å². The zero-order chi connectivity index (χ0) is 28.3. The second kappa shape index (κ2) is 9.58. The summed E-state index contributed by atoms with van der Waals surface area (Å²) < 4.78 is 6.64. The first-order chi connectivity index (χ1) is 19.0. The van der Waals surface area contributed by atoms with Crippen molar-refractivity contribution in [2.75, 3.05) is 10.2 Å². The number of anilines is 2. The van der Waals surface area contributed by atoms with E-state index in [1.165, 1.54) is 37.7 Å². The van der Waals surface area contributed by atoms with E-state index in [-0.39, 0.29) is 17.7 Å². The molecule has 1 spiro atoms. The third kappa shape index (κ3) is 4.35. The Morgan fingerprint density at radius 3 is 2.25 bits per heavy atom. The third-order valence-corrected chi connectivity index (χ3v) is 9.02. The first-order valence-electron chi connectivity index (χ1n) is 14.5. The quantitative estimate of drug-likeness (QED) is 0.501. The van der Waals surface area contributed by atoms with Crippen molar-refractivity contribution in [1.82, 2.24) is 5.32 Å². The van der Waals surface area contributed by atoms with E-state index in [0.29, 0.717) is 17.3 Å². The van der Waals surface area contributed by atoms with Gasteiger partial charge in [0.1, 0.15) is 11.6 Å². The molecule has 0 unspecified atom stereocenters. The maximum absolute atomic E-state index is 14.4. The highest BCUT2D eigenvalue weighted by Gasteiger charge is 2.76. The van der Waals surface area contributed by atoms with E-state index in [2.05, 4.69) is 22.8 Å². The summed E-state index contributed by atoms with van der Waals surface area (Å²) in [4.78, 5) is 43.7. The molecular formula is C33H39N3O4. The number of amides is 3. The van der Waals surface area contributed by atoms with E-state index >= 15 is 0 Å². The molecule has 2 aromatic carbocycles. The summed E-state index contributed by atoms with van der Waals surface area (Å²) in [5, 5.41) is 6.06. The molecule has 40 heavy (non-hydrogen) atoms. The molecule has 1 aliphatic carbocycles. The lowest BCUT2D eigenvalue weighted by molar-refractivity contribution is -0.131. The van der Waals surface area contributed by atoms with Crippen LogP contribution in [0.4, 0.5) is 11.4 Å². The Kier molecular flexibility index (Phi) is 6.41. The van der Waals surface area contributed by atoms with Gasteiger partial charge in [0.15, 0.2) is 0 Å². The number of hydrogen-bond acceptors (Lipinski definition) is 4. The lowest BCUT2D eigenvalue weighted by Gasteiger charge is -2.35. The van der Waals surface area contributed by atoms with Crippen molar-refractivity contribution in [2.24, 2.45) is 11.8 Å². The molecule has 2 saturated heterocycles. The van der Waals surface area contributed by atoms with E-state index in [1.807, 2.05) is 82.3 Å². The highest BCUT2D eigenvalue weighted by atomic mass is 16.5. The van der Waals surface area contributed by atoms with Crippen molar-refractivity contribution in [2.45, 2.75) is 88.5 Å². The highest BCUT2D eigenvalue weighted by Crippen LogP contribution is 2.60. The van der Waals surface area contributed by atoms with Gasteiger partial charge in [-0.15, -0.1) is 0 Å². The van der Waals surface area contributed by atoms with Gasteiger partial charge in [-0.05, 0) is 76.3 Å². The maximum atomic E-state index is 14.4. The van der Waals surface area contributed by atoms with Gasteiger partial charge in [-0.25, -0.2) is 0 Å². The molecule has 3 aliphatic heterocycles. The molecule has 6 rings (SSSR count). The molecule has 1 saturated carbocycles. The van der Waals surface area contributed by atoms with Gasteiger partial charge in [-0.1, -0.05) is 61.7 Å². The van der Waals surface area contributed by atoms with Gasteiger partial charge in [0.25, 0.3) is 0 Å². The van der Waals surface area contributed by atoms with E-state index < -0.39 is 34.6 Å². The number of para-hydroxylation sites is 1. The number of hydrogen-bond donors (Lipinski definition) is 2. The van der Waals surface area contributed by atoms with Crippen LogP contribution in [-0.2, 0) is 19.1 Å². The Labute approximate surface area is 236 Å². The molecule has 4 aliphatic rings. The van der Waals surface area contributed by atoms with Crippen LogP contribution in [0.2, 0.25) is 0 Å². The molecule has 3 amide bonds. The van der Waals surface area contributed by atoms with Crippen LogP contribution in [0.25, 0.3) is 0 Å². The minimum absolute atomic E-state index is 0.263. The maximum Gasteiger partial charge on any atom is 0.246 e. The van der Waals surface area contributed by atoms with Crippen LogP contribution in [-0.4, -0.2) is 40.5 Å². The van der Waals surface area contributed by atoms with Gasteiger partial charge in [0, 0.05) is 16.9 Å². The summed E-state index contributed by atoms with van der Waals surface area (Å²) in [5.74, 6) is -1.94. The van der Waals surface area contributed by atoms with E-state index in [1.54, 1.807) is 4.90 Å². The van der Waals surface area contributed by atoms with Crippen LogP contribution >= 0.6 is 0 Å². The van der Waals surface area contributed by atoms with Gasteiger partial charge in [-0.2, -0.15) is 0 Å². The molecule has 3 heterocycles. The Morgan fingerprint density at radius 2 is 1.60 bits per heavy atom. The first-order valence-corrected chi connectivity index (χ1v) is 14.5. The predicted octanol–water partition coefficient (Wildman–Crippen LogP) is 5.33. The average molecular weight is 542 g/mol. The van der Waals surface area contributed by atoms with Crippen molar-refractivity contribution in [1.29, 1.82) is 0 Å². The van der Waals surface area contributed by atoms with Crippen LogP contribution < -0.4 is 15.5 Å². The number of rotatable bonds is 5. The first kappa shape index (κ1) is 26.8. The van der Waals surface area contributed by atoms with Crippen LogP contribution in [0, 0.1) is 11.8 Å². The molecule has 2 aromatic rings. The zero-order valence-electron chi connectivity index (χ0n) is 23.8. The molecular weight excluding hydrogens is 502 g/mol. The van der Waals surface area contributed by atoms with Crippen molar-refractivity contribution >= 4 is 29.1 Å². The Hall–Kier alpha value is -3.45. The number of ether oxygens (including phenoxy) is 1. The predicted molar refractivity (Wildman–Crippen MR) is 155 cm³/mol. The molecule has 3 fully saturated rings. The second-order valence-electron chi connectivity index (χ2n) is 13.1.